The summed E-state index contributed by atoms with van der Waals surface area (Å²) in [4.78, 5) is 67.7. The van der Waals surface area contributed by atoms with Crippen molar-refractivity contribution in [3.8, 4) is 0 Å². The van der Waals surface area contributed by atoms with E-state index in [1.807, 2.05) is 0 Å². The quantitative estimate of drug-likeness (QED) is 0.184. The van der Waals surface area contributed by atoms with Crippen molar-refractivity contribution >= 4 is 29.8 Å². The summed E-state index contributed by atoms with van der Waals surface area (Å²) in [5.74, 6) is -6.20. The van der Waals surface area contributed by atoms with E-state index in [9.17, 15) is 49.5 Å². The number of aromatic nitrogens is 5. The molecule has 1 radical (unpaired) electrons. The van der Waals surface area contributed by atoms with Gasteiger partial charge >= 0.3 is 0 Å². The fourth-order valence-electron chi connectivity index (χ4n) is 2.42. The molecular weight excluding hydrogens is 641 g/mol. The molecule has 46 heavy (non-hydrogen) atoms. The van der Waals surface area contributed by atoms with E-state index in [4.69, 9.17) is 0 Å². The molecule has 0 saturated heterocycles. The molecule has 0 aliphatic heterocycles. The van der Waals surface area contributed by atoms with Crippen molar-refractivity contribution in [1.82, 2.24) is 24.9 Å². The van der Waals surface area contributed by atoms with E-state index in [0.29, 0.717) is 0 Å². The number of carbonyl (C=O) groups is 5. The van der Waals surface area contributed by atoms with E-state index >= 15 is 0 Å². The van der Waals surface area contributed by atoms with Crippen molar-refractivity contribution in [2.45, 2.75) is 0 Å². The Morgan fingerprint density at radius 2 is 0.478 bits per heavy atom. The van der Waals surface area contributed by atoms with Crippen molar-refractivity contribution in [3.05, 3.63) is 150 Å². The minimum Gasteiger partial charge on any atom is -0.543 e. The average molecular weight is 661 g/mol. The molecule has 0 saturated carbocycles. The molecule has 0 bridgehead atoms. The third-order valence-electron chi connectivity index (χ3n) is 4.37. The maximum atomic E-state index is 10.0. The summed E-state index contributed by atoms with van der Waals surface area (Å²) in [6.07, 6.45) is 7.04. The van der Waals surface area contributed by atoms with Crippen LogP contribution in [0, 0.1) is 0 Å². The van der Waals surface area contributed by atoms with Gasteiger partial charge in [-0.2, -0.15) is 0 Å². The molecule has 5 aromatic heterocycles. The zero-order chi connectivity index (χ0) is 33.5. The molecule has 0 aromatic carbocycles. The molecule has 0 spiro atoms. The molecule has 0 aliphatic carbocycles. The topological polar surface area (TPSA) is 265 Å². The van der Waals surface area contributed by atoms with Crippen LogP contribution in [0.25, 0.3) is 0 Å². The van der Waals surface area contributed by atoms with Crippen LogP contribution in [0.4, 0.5) is 0 Å². The van der Waals surface area contributed by atoms with E-state index in [1.165, 1.54) is 61.3 Å². The van der Waals surface area contributed by atoms with E-state index in [2.05, 4.69) is 24.9 Å². The van der Waals surface area contributed by atoms with Crippen LogP contribution in [-0.2, 0) is 18.6 Å². The van der Waals surface area contributed by atoms with Crippen molar-refractivity contribution in [2.24, 2.45) is 0 Å². The first-order chi connectivity index (χ1) is 21.5. The van der Waals surface area contributed by atoms with Gasteiger partial charge in [0.05, 0.1) is 58.3 Å². The Morgan fingerprint density at radius 3 is 0.543 bits per heavy atom. The summed E-state index contributed by atoms with van der Waals surface area (Å²) in [5.41, 5.74) is -0.150. The van der Waals surface area contributed by atoms with Gasteiger partial charge in [0.25, 0.3) is 0 Å². The molecule has 5 aromatic rings. The Bertz CT molecular complexity index is 1330. The average Bonchev–Trinajstić information content (AvgIpc) is 3.08. The number of nitrogens with zero attached hydrogens (tertiary/aromatic N) is 5. The summed E-state index contributed by atoms with van der Waals surface area (Å²) < 4.78 is 0. The molecule has 0 unspecified atom stereocenters. The maximum absolute atomic E-state index is 10.0. The number of rotatable bonds is 5. The predicted molar refractivity (Wildman–Crippen MR) is 143 cm³/mol. The predicted octanol–water partition coefficient (Wildman–Crippen LogP) is -2.78. The third-order valence-corrected chi connectivity index (χ3v) is 4.37. The van der Waals surface area contributed by atoms with Gasteiger partial charge in [0.1, 0.15) is 0 Å². The number of pyridine rings is 5. The molecule has 0 aliphatic rings. The second kappa shape index (κ2) is 23.2. The van der Waals surface area contributed by atoms with Crippen molar-refractivity contribution in [3.63, 3.8) is 0 Å². The SMILES string of the molecule is O=C([O-])c1ccccn1.O=C([O-])c1ccccn1.O=C([O-])c1ccccn1.O=C([O-])c1ccccn1.O=C([O-])c1ccccn1.[V]. The van der Waals surface area contributed by atoms with E-state index in [-0.39, 0.29) is 47.0 Å². The number of hydrogen-bond donors (Lipinski definition) is 0. The van der Waals surface area contributed by atoms with Gasteiger partial charge in [-0.1, -0.05) is 30.3 Å². The number of carboxylic acid groups (broad SMARTS) is 5. The minimum atomic E-state index is -1.24. The summed E-state index contributed by atoms with van der Waals surface area (Å²) in [5, 5.41) is 50.1. The first-order valence-corrected chi connectivity index (χ1v) is 12.1. The third kappa shape index (κ3) is 17.6. The summed E-state index contributed by atoms with van der Waals surface area (Å²) in [7, 11) is 0. The van der Waals surface area contributed by atoms with Crippen LogP contribution in [0.15, 0.2) is 122 Å². The Labute approximate surface area is 272 Å². The van der Waals surface area contributed by atoms with E-state index in [1.54, 1.807) is 60.7 Å². The largest absolute Gasteiger partial charge is 0.543 e. The molecule has 0 atom stereocenters. The number of aromatic carboxylic acids is 5. The molecule has 0 amide bonds. The van der Waals surface area contributed by atoms with Crippen LogP contribution >= 0.6 is 0 Å². The second-order valence-electron chi connectivity index (χ2n) is 7.51. The standard InChI is InChI=1S/5C6H5NO2.V/c5*8-6(9)5-3-1-2-4-7-5;/h5*1-4H,(H,8,9);/p-5. The van der Waals surface area contributed by atoms with Crippen molar-refractivity contribution < 1.29 is 68.1 Å². The monoisotopic (exact) mass is 661 g/mol. The Morgan fingerprint density at radius 1 is 0.326 bits per heavy atom. The maximum Gasteiger partial charge on any atom is 0.0899 e. The van der Waals surface area contributed by atoms with Gasteiger partial charge < -0.3 is 49.5 Å². The molecule has 5 rings (SSSR count). The van der Waals surface area contributed by atoms with Crippen molar-refractivity contribution in [1.29, 1.82) is 0 Å². The normalized spacial score (nSPS) is 8.70. The molecule has 0 N–H and O–H groups in total. The van der Waals surface area contributed by atoms with Crippen molar-refractivity contribution in [2.75, 3.05) is 0 Å². The van der Waals surface area contributed by atoms with Gasteiger partial charge in [-0.05, 0) is 60.7 Å². The van der Waals surface area contributed by atoms with Gasteiger partial charge in [0, 0.05) is 49.5 Å². The number of hydrogen-bond acceptors (Lipinski definition) is 15. The number of carbonyl (C=O) groups excluding carboxylic acids is 5. The van der Waals surface area contributed by atoms with Gasteiger partial charge in [0.2, 0.25) is 0 Å². The fourth-order valence-corrected chi connectivity index (χ4v) is 2.42. The summed E-state index contributed by atoms with van der Waals surface area (Å²) in [6.45, 7) is 0. The second-order valence-corrected chi connectivity index (χ2v) is 7.51. The van der Waals surface area contributed by atoms with Crippen LogP contribution in [0.3, 0.4) is 0 Å². The Kier molecular flexibility index (Phi) is 20.0. The zero-order valence-corrected chi connectivity index (χ0v) is 24.7. The molecule has 5 heterocycles. The van der Waals surface area contributed by atoms with Gasteiger partial charge in [-0.15, -0.1) is 0 Å². The van der Waals surface area contributed by atoms with Crippen LogP contribution in [-0.4, -0.2) is 54.8 Å². The molecule has 16 heteroatoms. The Balaban J connectivity index is 0.000000547. The minimum absolute atomic E-state index is 0. The van der Waals surface area contributed by atoms with Crippen LogP contribution in [0.1, 0.15) is 52.4 Å². The number of carboxylic acids is 5. The summed E-state index contributed by atoms with van der Waals surface area (Å²) >= 11 is 0. The van der Waals surface area contributed by atoms with Crippen LogP contribution < -0.4 is 25.5 Å². The van der Waals surface area contributed by atoms with E-state index < -0.39 is 29.8 Å². The van der Waals surface area contributed by atoms with Gasteiger partial charge in [-0.25, -0.2) is 0 Å². The molecule has 15 nitrogen and oxygen atoms in total. The molecular formula is C30H20N5O10V-5. The molecule has 0 fully saturated rings. The smallest absolute Gasteiger partial charge is 0.0899 e. The van der Waals surface area contributed by atoms with Crippen LogP contribution in [0.5, 0.6) is 0 Å². The van der Waals surface area contributed by atoms with E-state index in [0.717, 1.165) is 0 Å². The zero-order valence-electron chi connectivity index (χ0n) is 23.3. The first-order valence-electron chi connectivity index (χ1n) is 12.1. The first kappa shape index (κ1) is 39.7. The van der Waals surface area contributed by atoms with Gasteiger partial charge in [0.15, 0.2) is 0 Å². The van der Waals surface area contributed by atoms with Crippen LogP contribution in [0.2, 0.25) is 0 Å². The summed E-state index contributed by atoms with van der Waals surface area (Å²) in [6, 6.07) is 23.1. The fraction of sp³-hybridized carbons (Fsp3) is 0. The van der Waals surface area contributed by atoms with Gasteiger partial charge in [-0.3, -0.25) is 24.9 Å². The Hall–Kier alpha value is -6.32. The molecule has 235 valence electrons.